The lowest BCUT2D eigenvalue weighted by atomic mass is 10.1. The Balaban J connectivity index is 2.71. The number of ether oxygens (including phenoxy) is 1. The first-order chi connectivity index (χ1) is 8.11. The van der Waals surface area contributed by atoms with Gasteiger partial charge in [0.2, 0.25) is 0 Å². The van der Waals surface area contributed by atoms with Crippen molar-refractivity contribution in [2.45, 2.75) is 0 Å². The maximum Gasteiger partial charge on any atom is 0.330 e. The predicted octanol–water partition coefficient (Wildman–Crippen LogP) is 1.97. The molecule has 1 N–H and O–H groups in total. The van der Waals surface area contributed by atoms with Gasteiger partial charge in [-0.2, -0.15) is 0 Å². The molecule has 1 rings (SSSR count). The van der Waals surface area contributed by atoms with Crippen LogP contribution in [0.15, 0.2) is 36.4 Å². The quantitative estimate of drug-likeness (QED) is 0.636. The van der Waals surface area contributed by atoms with Crippen LogP contribution in [0.5, 0.6) is 0 Å². The number of carboxylic acid groups (broad SMARTS) is 1. The van der Waals surface area contributed by atoms with Crippen molar-refractivity contribution in [1.29, 1.82) is 0 Å². The average molecular weight is 232 g/mol. The number of carboxylic acids is 1. The summed E-state index contributed by atoms with van der Waals surface area (Å²) < 4.78 is 4.46. The third-order valence-corrected chi connectivity index (χ3v) is 1.97. The molecule has 1 aromatic rings. The largest absolute Gasteiger partial charge is 0.478 e. The Bertz CT molecular complexity index is 455. The van der Waals surface area contributed by atoms with E-state index in [0.29, 0.717) is 0 Å². The molecular weight excluding hydrogens is 220 g/mol. The molecular formula is C13H12O4. The minimum Gasteiger partial charge on any atom is -0.478 e. The first-order valence-corrected chi connectivity index (χ1v) is 4.89. The van der Waals surface area contributed by atoms with E-state index >= 15 is 0 Å². The zero-order valence-corrected chi connectivity index (χ0v) is 9.29. The average Bonchev–Trinajstić information content (AvgIpc) is 2.34. The molecule has 4 heteroatoms. The first kappa shape index (κ1) is 12.7. The minimum absolute atomic E-state index is 0.417. The van der Waals surface area contributed by atoms with Gasteiger partial charge in [0, 0.05) is 12.2 Å². The van der Waals surface area contributed by atoms with Crippen LogP contribution in [0.3, 0.4) is 0 Å². The molecule has 0 aromatic heterocycles. The summed E-state index contributed by atoms with van der Waals surface area (Å²) in [5.41, 5.74) is 1.62. The van der Waals surface area contributed by atoms with Crippen molar-refractivity contribution in [3.05, 3.63) is 47.5 Å². The van der Waals surface area contributed by atoms with Gasteiger partial charge in [-0.3, -0.25) is 0 Å². The number of hydrogen-bond acceptors (Lipinski definition) is 3. The second-order valence-corrected chi connectivity index (χ2v) is 3.19. The topological polar surface area (TPSA) is 63.6 Å². The van der Waals surface area contributed by atoms with Crippen LogP contribution in [0.1, 0.15) is 11.1 Å². The number of carbonyl (C=O) groups is 2. The number of benzene rings is 1. The summed E-state index contributed by atoms with van der Waals surface area (Å²) in [6.07, 6.45) is 5.51. The van der Waals surface area contributed by atoms with Crippen LogP contribution in [-0.4, -0.2) is 24.2 Å². The smallest absolute Gasteiger partial charge is 0.330 e. The zero-order chi connectivity index (χ0) is 12.7. The molecule has 0 saturated heterocycles. The monoisotopic (exact) mass is 232 g/mol. The van der Waals surface area contributed by atoms with E-state index in [4.69, 9.17) is 5.11 Å². The molecule has 4 nitrogen and oxygen atoms in total. The number of methoxy groups -OCH3 is 1. The number of carbonyl (C=O) groups excluding carboxylic acids is 1. The van der Waals surface area contributed by atoms with Crippen LogP contribution < -0.4 is 0 Å². The molecule has 0 saturated carbocycles. The van der Waals surface area contributed by atoms with Gasteiger partial charge in [0.25, 0.3) is 0 Å². The van der Waals surface area contributed by atoms with Crippen LogP contribution in [0.4, 0.5) is 0 Å². The second-order valence-electron chi connectivity index (χ2n) is 3.19. The molecule has 0 spiro atoms. The molecule has 0 aliphatic rings. The lowest BCUT2D eigenvalue weighted by molar-refractivity contribution is -0.135. The molecule has 0 bridgehead atoms. The Hall–Kier alpha value is -2.36. The highest BCUT2D eigenvalue weighted by Gasteiger charge is 1.93. The summed E-state index contributed by atoms with van der Waals surface area (Å²) in [6, 6.07) is 7.08. The third kappa shape index (κ3) is 4.79. The fraction of sp³-hybridized carbons (Fsp3) is 0.0769. The predicted molar refractivity (Wildman–Crippen MR) is 64.2 cm³/mol. The number of esters is 1. The Morgan fingerprint density at radius 1 is 1.06 bits per heavy atom. The van der Waals surface area contributed by atoms with Crippen molar-refractivity contribution >= 4 is 24.1 Å². The van der Waals surface area contributed by atoms with Crippen LogP contribution in [0.25, 0.3) is 12.2 Å². The Labute approximate surface area is 98.8 Å². The van der Waals surface area contributed by atoms with Gasteiger partial charge in [0.15, 0.2) is 0 Å². The van der Waals surface area contributed by atoms with Crippen molar-refractivity contribution in [3.63, 3.8) is 0 Å². The van der Waals surface area contributed by atoms with E-state index in [2.05, 4.69) is 4.74 Å². The summed E-state index contributed by atoms with van der Waals surface area (Å²) in [6.45, 7) is 0. The van der Waals surface area contributed by atoms with Crippen LogP contribution >= 0.6 is 0 Å². The molecule has 17 heavy (non-hydrogen) atoms. The third-order valence-electron chi connectivity index (χ3n) is 1.97. The van der Waals surface area contributed by atoms with E-state index < -0.39 is 11.9 Å². The standard InChI is InChI=1S/C13H12O4/c1-17-13(16)9-7-11-4-2-10(3-5-11)6-8-12(14)15/h2-9H,1H3,(H,14,15)/b8-6?,9-7+. The summed E-state index contributed by atoms with van der Waals surface area (Å²) in [5.74, 6) is -1.40. The summed E-state index contributed by atoms with van der Waals surface area (Å²) >= 11 is 0. The molecule has 88 valence electrons. The van der Waals surface area contributed by atoms with E-state index in [9.17, 15) is 9.59 Å². The van der Waals surface area contributed by atoms with E-state index in [1.807, 2.05) is 0 Å². The number of hydrogen-bond donors (Lipinski definition) is 1. The fourth-order valence-electron chi connectivity index (χ4n) is 1.12. The maximum atomic E-state index is 10.8. The van der Waals surface area contributed by atoms with Crippen molar-refractivity contribution in [2.75, 3.05) is 7.11 Å². The van der Waals surface area contributed by atoms with Gasteiger partial charge >= 0.3 is 11.9 Å². The molecule has 0 aliphatic heterocycles. The minimum atomic E-state index is -0.986. The van der Waals surface area contributed by atoms with Crippen LogP contribution in [0.2, 0.25) is 0 Å². The van der Waals surface area contributed by atoms with Gasteiger partial charge in [-0.05, 0) is 23.3 Å². The van der Waals surface area contributed by atoms with Gasteiger partial charge in [-0.25, -0.2) is 9.59 Å². The van der Waals surface area contributed by atoms with Gasteiger partial charge < -0.3 is 9.84 Å². The van der Waals surface area contributed by atoms with Gasteiger partial charge in [-0.1, -0.05) is 24.3 Å². The molecule has 0 heterocycles. The van der Waals surface area contributed by atoms with E-state index in [1.54, 1.807) is 30.3 Å². The highest BCUT2D eigenvalue weighted by Crippen LogP contribution is 2.07. The number of aliphatic carboxylic acids is 1. The lowest BCUT2D eigenvalue weighted by Gasteiger charge is -1.95. The Kier molecular flexibility index (Phi) is 4.69. The lowest BCUT2D eigenvalue weighted by Crippen LogP contribution is -1.93. The SMILES string of the molecule is COC(=O)/C=C/c1ccc(C=CC(=O)O)cc1. The number of rotatable bonds is 4. The van der Waals surface area contributed by atoms with Crippen LogP contribution in [-0.2, 0) is 14.3 Å². The highest BCUT2D eigenvalue weighted by molar-refractivity contribution is 5.87. The van der Waals surface area contributed by atoms with Crippen LogP contribution in [0, 0.1) is 0 Å². The van der Waals surface area contributed by atoms with E-state index in [0.717, 1.165) is 17.2 Å². The Morgan fingerprint density at radius 3 is 1.94 bits per heavy atom. The molecule has 0 atom stereocenters. The second kappa shape index (κ2) is 6.27. The maximum absolute atomic E-state index is 10.8. The Morgan fingerprint density at radius 2 is 1.53 bits per heavy atom. The van der Waals surface area contributed by atoms with Gasteiger partial charge in [0.1, 0.15) is 0 Å². The molecule has 0 aliphatic carbocycles. The van der Waals surface area contributed by atoms with Crippen molar-refractivity contribution < 1.29 is 19.4 Å². The summed E-state index contributed by atoms with van der Waals surface area (Å²) in [7, 11) is 1.31. The molecule has 0 fully saturated rings. The summed E-state index contributed by atoms with van der Waals surface area (Å²) in [5, 5.41) is 8.45. The zero-order valence-electron chi connectivity index (χ0n) is 9.29. The molecule has 0 amide bonds. The summed E-state index contributed by atoms with van der Waals surface area (Å²) in [4.78, 5) is 21.1. The van der Waals surface area contributed by atoms with Crippen molar-refractivity contribution in [3.8, 4) is 0 Å². The normalized spacial score (nSPS) is 10.9. The first-order valence-electron chi connectivity index (χ1n) is 4.89. The van der Waals surface area contributed by atoms with Crippen molar-refractivity contribution in [1.82, 2.24) is 0 Å². The fourth-order valence-corrected chi connectivity index (χ4v) is 1.12. The van der Waals surface area contributed by atoms with E-state index in [1.165, 1.54) is 19.3 Å². The molecule has 1 aromatic carbocycles. The highest BCUT2D eigenvalue weighted by atomic mass is 16.5. The van der Waals surface area contributed by atoms with Gasteiger partial charge in [0.05, 0.1) is 7.11 Å². The van der Waals surface area contributed by atoms with Crippen molar-refractivity contribution in [2.24, 2.45) is 0 Å². The van der Waals surface area contributed by atoms with E-state index in [-0.39, 0.29) is 0 Å². The molecule has 0 radical (unpaired) electrons. The van der Waals surface area contributed by atoms with Gasteiger partial charge in [-0.15, -0.1) is 0 Å². The molecule has 0 unspecified atom stereocenters.